The standard InChI is InChI=1S/C75H146O17P2/c1-6-9-12-15-18-21-24-25-26-27-28-29-30-31-32-35-41-46-51-56-61-75(80)92-71(65-86-73(78)59-54-49-44-40-36-33-34-37-42-47-52-57-68(4)5)67-90-94(83,84)88-63-69(76)62-87-93(81,82)89-66-70(91-74(79)60-55-50-45-39-23-20-17-14-11-8-3)64-85-72(77)58-53-48-43-38-22-19-16-13-10-7-2/h68-71,76H,6-67H2,1-5H3,(H,81,82)(H,83,84)/t69-,70+,71+/m0/s1. The van der Waals surface area contributed by atoms with Gasteiger partial charge in [-0.1, -0.05) is 343 Å². The molecule has 0 spiro atoms. The third-order valence-corrected chi connectivity index (χ3v) is 19.4. The maximum atomic E-state index is 13.1. The molecule has 0 saturated carbocycles. The lowest BCUT2D eigenvalue weighted by atomic mass is 10.0. The number of hydrogen-bond acceptors (Lipinski definition) is 15. The Balaban J connectivity index is 5.20. The van der Waals surface area contributed by atoms with E-state index in [2.05, 4.69) is 34.6 Å². The predicted molar refractivity (Wildman–Crippen MR) is 382 cm³/mol. The quantitative estimate of drug-likeness (QED) is 0.0222. The zero-order chi connectivity index (χ0) is 69.1. The molecule has 0 aromatic carbocycles. The number of ether oxygens (including phenoxy) is 4. The van der Waals surface area contributed by atoms with Crippen molar-refractivity contribution in [1.82, 2.24) is 0 Å². The Labute approximate surface area is 575 Å². The van der Waals surface area contributed by atoms with Gasteiger partial charge in [0.05, 0.1) is 26.4 Å². The number of aliphatic hydroxyl groups excluding tert-OH is 1. The molecule has 0 saturated heterocycles. The second-order valence-corrected chi connectivity index (χ2v) is 30.4. The lowest BCUT2D eigenvalue weighted by Crippen LogP contribution is -2.30. The van der Waals surface area contributed by atoms with Gasteiger partial charge in [-0.3, -0.25) is 37.3 Å². The van der Waals surface area contributed by atoms with Crippen molar-refractivity contribution in [2.24, 2.45) is 5.92 Å². The summed E-state index contributed by atoms with van der Waals surface area (Å²) >= 11 is 0. The molecule has 0 aromatic heterocycles. The van der Waals surface area contributed by atoms with Gasteiger partial charge < -0.3 is 33.8 Å². The molecule has 0 aliphatic heterocycles. The molecule has 3 N–H and O–H groups in total. The minimum absolute atomic E-state index is 0.107. The van der Waals surface area contributed by atoms with E-state index in [0.717, 1.165) is 95.8 Å². The first-order chi connectivity index (χ1) is 45.5. The highest BCUT2D eigenvalue weighted by molar-refractivity contribution is 7.47. The molecule has 0 fully saturated rings. The molecule has 94 heavy (non-hydrogen) atoms. The van der Waals surface area contributed by atoms with Gasteiger partial charge in [-0.05, 0) is 31.6 Å². The van der Waals surface area contributed by atoms with Gasteiger partial charge in [0.15, 0.2) is 12.2 Å². The summed E-state index contributed by atoms with van der Waals surface area (Å²) in [7, 11) is -9.90. The molecule has 0 aromatic rings. The second-order valence-electron chi connectivity index (χ2n) is 27.5. The molecule has 2 unspecified atom stereocenters. The van der Waals surface area contributed by atoms with E-state index in [1.54, 1.807) is 0 Å². The largest absolute Gasteiger partial charge is 0.472 e. The average Bonchev–Trinajstić information content (AvgIpc) is 1.61. The van der Waals surface area contributed by atoms with E-state index in [9.17, 15) is 43.2 Å². The summed E-state index contributed by atoms with van der Waals surface area (Å²) < 4.78 is 68.4. The van der Waals surface area contributed by atoms with E-state index < -0.39 is 97.5 Å². The normalized spacial score (nSPS) is 14.0. The Bertz CT molecular complexity index is 1810. The van der Waals surface area contributed by atoms with Crippen LogP contribution in [0.1, 0.15) is 394 Å². The molecule has 0 aliphatic carbocycles. The summed E-state index contributed by atoms with van der Waals surface area (Å²) in [4.78, 5) is 72.7. The molecule has 19 heteroatoms. The molecule has 558 valence electrons. The van der Waals surface area contributed by atoms with Crippen molar-refractivity contribution >= 4 is 39.5 Å². The van der Waals surface area contributed by atoms with Crippen LogP contribution in [-0.2, 0) is 65.4 Å². The Kier molecular flexibility index (Phi) is 66.8. The van der Waals surface area contributed by atoms with E-state index in [0.29, 0.717) is 25.7 Å². The molecule has 0 bridgehead atoms. The van der Waals surface area contributed by atoms with Gasteiger partial charge in [-0.25, -0.2) is 9.13 Å². The second kappa shape index (κ2) is 68.2. The Hall–Kier alpha value is -1.94. The van der Waals surface area contributed by atoms with Gasteiger partial charge in [0.2, 0.25) is 0 Å². The Morgan fingerprint density at radius 1 is 0.287 bits per heavy atom. The van der Waals surface area contributed by atoms with Crippen molar-refractivity contribution in [3.8, 4) is 0 Å². The van der Waals surface area contributed by atoms with Crippen LogP contribution in [0.15, 0.2) is 0 Å². The molecular formula is C75H146O17P2. The number of hydrogen-bond donors (Lipinski definition) is 3. The van der Waals surface area contributed by atoms with Crippen LogP contribution in [0.2, 0.25) is 0 Å². The van der Waals surface area contributed by atoms with Crippen molar-refractivity contribution in [1.29, 1.82) is 0 Å². The number of unbranched alkanes of at least 4 members (excludes halogenated alkanes) is 47. The highest BCUT2D eigenvalue weighted by atomic mass is 31.2. The first-order valence-electron chi connectivity index (χ1n) is 39.1. The third kappa shape index (κ3) is 68.6. The summed E-state index contributed by atoms with van der Waals surface area (Å²) in [5, 5.41) is 10.6. The van der Waals surface area contributed by atoms with E-state index in [-0.39, 0.29) is 25.7 Å². The van der Waals surface area contributed by atoms with Crippen LogP contribution in [0.5, 0.6) is 0 Å². The molecule has 0 radical (unpaired) electrons. The van der Waals surface area contributed by atoms with Gasteiger partial charge in [-0.15, -0.1) is 0 Å². The van der Waals surface area contributed by atoms with Crippen molar-refractivity contribution in [3.05, 3.63) is 0 Å². The molecule has 5 atom stereocenters. The molecule has 0 amide bonds. The number of phosphoric acid groups is 2. The SMILES string of the molecule is CCCCCCCCCCCCCCCCCCCCCCC(=O)O[C@H](COC(=O)CCCCCCCCCCCCCC(C)C)COP(=O)(O)OC[C@@H](O)COP(=O)(O)OC[C@@H](COC(=O)CCCCCCCCCCCC)OC(=O)CCCCCCCCCCCC. The van der Waals surface area contributed by atoms with Crippen LogP contribution in [0.25, 0.3) is 0 Å². The smallest absolute Gasteiger partial charge is 0.462 e. The molecule has 0 aliphatic rings. The average molecular weight is 1380 g/mol. The predicted octanol–water partition coefficient (Wildman–Crippen LogP) is 22.1. The van der Waals surface area contributed by atoms with Crippen LogP contribution in [0.4, 0.5) is 0 Å². The topological polar surface area (TPSA) is 237 Å². The number of rotatable bonds is 75. The minimum Gasteiger partial charge on any atom is -0.462 e. The fraction of sp³-hybridized carbons (Fsp3) is 0.947. The van der Waals surface area contributed by atoms with Crippen molar-refractivity contribution < 1.29 is 80.2 Å². The number of carbonyl (C=O) groups is 4. The first kappa shape index (κ1) is 92.1. The van der Waals surface area contributed by atoms with Crippen molar-refractivity contribution in [2.45, 2.75) is 412 Å². The van der Waals surface area contributed by atoms with Gasteiger partial charge in [0.1, 0.15) is 19.3 Å². The van der Waals surface area contributed by atoms with Gasteiger partial charge in [0, 0.05) is 25.7 Å². The summed E-state index contributed by atoms with van der Waals surface area (Å²) in [6, 6.07) is 0. The summed E-state index contributed by atoms with van der Waals surface area (Å²) in [6.07, 6.45) is 56.9. The zero-order valence-electron chi connectivity index (χ0n) is 61.1. The summed E-state index contributed by atoms with van der Waals surface area (Å²) in [5.41, 5.74) is 0. The zero-order valence-corrected chi connectivity index (χ0v) is 62.9. The van der Waals surface area contributed by atoms with E-state index in [1.165, 1.54) is 218 Å². The third-order valence-electron chi connectivity index (χ3n) is 17.5. The molecule has 0 rings (SSSR count). The van der Waals surface area contributed by atoms with Crippen molar-refractivity contribution in [3.63, 3.8) is 0 Å². The Morgan fingerprint density at radius 3 is 0.723 bits per heavy atom. The van der Waals surface area contributed by atoms with Crippen LogP contribution in [0, 0.1) is 5.92 Å². The maximum Gasteiger partial charge on any atom is 0.472 e. The fourth-order valence-electron chi connectivity index (χ4n) is 11.5. The summed E-state index contributed by atoms with van der Waals surface area (Å²) in [5.74, 6) is -1.34. The van der Waals surface area contributed by atoms with Crippen LogP contribution >= 0.6 is 15.6 Å². The van der Waals surface area contributed by atoms with E-state index >= 15 is 0 Å². The van der Waals surface area contributed by atoms with Crippen molar-refractivity contribution in [2.75, 3.05) is 39.6 Å². The lowest BCUT2D eigenvalue weighted by Gasteiger charge is -2.21. The highest BCUT2D eigenvalue weighted by Gasteiger charge is 2.30. The molecular weight excluding hydrogens is 1230 g/mol. The molecule has 0 heterocycles. The first-order valence-corrected chi connectivity index (χ1v) is 42.1. The minimum atomic E-state index is -4.96. The van der Waals surface area contributed by atoms with E-state index in [1.807, 2.05) is 0 Å². The Morgan fingerprint density at radius 2 is 0.489 bits per heavy atom. The van der Waals surface area contributed by atoms with Crippen LogP contribution < -0.4 is 0 Å². The van der Waals surface area contributed by atoms with E-state index in [4.69, 9.17) is 37.0 Å². The highest BCUT2D eigenvalue weighted by Crippen LogP contribution is 2.45. The number of phosphoric ester groups is 2. The monoisotopic (exact) mass is 1380 g/mol. The fourth-order valence-corrected chi connectivity index (χ4v) is 13.1. The van der Waals surface area contributed by atoms with Gasteiger partial charge in [-0.2, -0.15) is 0 Å². The number of aliphatic hydroxyl groups is 1. The number of carbonyl (C=O) groups excluding carboxylic acids is 4. The lowest BCUT2D eigenvalue weighted by molar-refractivity contribution is -0.161. The van der Waals surface area contributed by atoms with Crippen LogP contribution in [0.3, 0.4) is 0 Å². The number of esters is 4. The van der Waals surface area contributed by atoms with Gasteiger partial charge >= 0.3 is 39.5 Å². The molecule has 17 nitrogen and oxygen atoms in total. The maximum absolute atomic E-state index is 13.1. The van der Waals surface area contributed by atoms with Crippen LogP contribution in [-0.4, -0.2) is 96.7 Å². The van der Waals surface area contributed by atoms with Gasteiger partial charge in [0.25, 0.3) is 0 Å². The summed E-state index contributed by atoms with van der Waals surface area (Å²) in [6.45, 7) is 7.27.